The average molecular weight is 190 g/mol. The summed E-state index contributed by atoms with van der Waals surface area (Å²) in [5.41, 5.74) is 5.80. The Hall–Kier alpha value is -0.880. The van der Waals surface area contributed by atoms with Gasteiger partial charge in [-0.15, -0.1) is 0 Å². The maximum Gasteiger partial charge on any atom is 0.181 e. The zero-order valence-electron chi connectivity index (χ0n) is 6.65. The first-order chi connectivity index (χ1) is 5.53. The molecule has 68 valence electrons. The highest BCUT2D eigenvalue weighted by Crippen LogP contribution is 2.09. The van der Waals surface area contributed by atoms with E-state index < -0.39 is 9.84 Å². The SMILES string of the molecule is CS(=O)(=O)Cc1ocnc1CN. The van der Waals surface area contributed by atoms with Gasteiger partial charge in [0, 0.05) is 12.8 Å². The minimum Gasteiger partial charge on any atom is -0.447 e. The molecule has 0 amide bonds. The lowest BCUT2D eigenvalue weighted by molar-refractivity contribution is 0.513. The van der Waals surface area contributed by atoms with Crippen molar-refractivity contribution in [2.75, 3.05) is 6.26 Å². The van der Waals surface area contributed by atoms with Gasteiger partial charge in [-0.2, -0.15) is 0 Å². The van der Waals surface area contributed by atoms with Crippen molar-refractivity contribution < 1.29 is 12.8 Å². The number of nitrogens with two attached hydrogens (primary N) is 1. The minimum absolute atomic E-state index is 0.139. The molecule has 1 aromatic rings. The van der Waals surface area contributed by atoms with E-state index in [1.807, 2.05) is 0 Å². The van der Waals surface area contributed by atoms with Gasteiger partial charge in [-0.3, -0.25) is 0 Å². The van der Waals surface area contributed by atoms with Crippen molar-refractivity contribution in [3.05, 3.63) is 17.8 Å². The van der Waals surface area contributed by atoms with Crippen LogP contribution in [-0.4, -0.2) is 19.7 Å². The summed E-state index contributed by atoms with van der Waals surface area (Å²) in [4.78, 5) is 3.76. The molecular weight excluding hydrogens is 180 g/mol. The van der Waals surface area contributed by atoms with Crippen molar-refractivity contribution in [3.8, 4) is 0 Å². The lowest BCUT2D eigenvalue weighted by Crippen LogP contribution is -2.05. The maximum atomic E-state index is 10.8. The average Bonchev–Trinajstić information content (AvgIpc) is 2.31. The summed E-state index contributed by atoms with van der Waals surface area (Å²) in [5.74, 6) is 0.194. The Bertz CT molecular complexity index is 355. The molecule has 0 bridgehead atoms. The Morgan fingerprint density at radius 1 is 1.67 bits per heavy atom. The lowest BCUT2D eigenvalue weighted by atomic mass is 10.4. The quantitative estimate of drug-likeness (QED) is 0.705. The molecule has 0 fully saturated rings. The van der Waals surface area contributed by atoms with Crippen LogP contribution >= 0.6 is 0 Å². The normalized spacial score (nSPS) is 11.8. The van der Waals surface area contributed by atoms with Gasteiger partial charge in [0.15, 0.2) is 16.2 Å². The first-order valence-electron chi connectivity index (χ1n) is 3.32. The van der Waals surface area contributed by atoms with Gasteiger partial charge in [-0.25, -0.2) is 13.4 Å². The molecule has 0 spiro atoms. The highest BCUT2D eigenvalue weighted by atomic mass is 32.2. The van der Waals surface area contributed by atoms with Gasteiger partial charge in [-0.05, 0) is 0 Å². The van der Waals surface area contributed by atoms with Crippen LogP contribution in [0.5, 0.6) is 0 Å². The van der Waals surface area contributed by atoms with Gasteiger partial charge < -0.3 is 10.2 Å². The summed E-state index contributed by atoms with van der Waals surface area (Å²) in [6.45, 7) is 0.196. The predicted octanol–water partition coefficient (Wildman–Crippen LogP) is -0.322. The van der Waals surface area contributed by atoms with Gasteiger partial charge in [0.1, 0.15) is 11.5 Å². The Balaban J connectivity index is 2.89. The van der Waals surface area contributed by atoms with Crippen LogP contribution in [0.1, 0.15) is 11.5 Å². The summed E-state index contributed by atoms with van der Waals surface area (Å²) in [5, 5.41) is 0. The summed E-state index contributed by atoms with van der Waals surface area (Å²) >= 11 is 0. The van der Waals surface area contributed by atoms with Crippen molar-refractivity contribution in [2.45, 2.75) is 12.3 Å². The number of hydrogen-bond donors (Lipinski definition) is 1. The molecule has 0 saturated heterocycles. The van der Waals surface area contributed by atoms with Crippen LogP contribution in [0.3, 0.4) is 0 Å². The molecule has 12 heavy (non-hydrogen) atoms. The standard InChI is InChI=1S/C6H10N2O3S/c1-12(9,10)3-6-5(2-7)8-4-11-6/h4H,2-3,7H2,1H3. The van der Waals surface area contributed by atoms with E-state index in [0.717, 1.165) is 6.26 Å². The molecule has 2 N–H and O–H groups in total. The third-order valence-electron chi connectivity index (χ3n) is 1.31. The zero-order valence-corrected chi connectivity index (χ0v) is 7.47. The van der Waals surface area contributed by atoms with Crippen LogP contribution in [0.15, 0.2) is 10.8 Å². The van der Waals surface area contributed by atoms with Gasteiger partial charge in [0.2, 0.25) is 0 Å². The minimum atomic E-state index is -3.07. The Morgan fingerprint density at radius 3 is 2.83 bits per heavy atom. The molecule has 1 aromatic heterocycles. The third-order valence-corrected chi connectivity index (χ3v) is 2.10. The van der Waals surface area contributed by atoms with Crippen molar-refractivity contribution in [1.29, 1.82) is 0 Å². The molecule has 0 aliphatic rings. The van der Waals surface area contributed by atoms with E-state index in [-0.39, 0.29) is 12.3 Å². The monoisotopic (exact) mass is 190 g/mol. The predicted molar refractivity (Wildman–Crippen MR) is 42.9 cm³/mol. The number of nitrogens with zero attached hydrogens (tertiary/aromatic N) is 1. The number of oxazole rings is 1. The summed E-state index contributed by atoms with van der Waals surface area (Å²) in [7, 11) is -3.07. The van der Waals surface area contributed by atoms with Crippen molar-refractivity contribution >= 4 is 9.84 Å². The first kappa shape index (κ1) is 9.21. The molecule has 6 heteroatoms. The molecular formula is C6H10N2O3S. The Kier molecular flexibility index (Phi) is 2.49. The van der Waals surface area contributed by atoms with Crippen LogP contribution in [-0.2, 0) is 22.1 Å². The smallest absolute Gasteiger partial charge is 0.181 e. The molecule has 0 radical (unpaired) electrons. The third kappa shape index (κ3) is 2.31. The van der Waals surface area contributed by atoms with Gasteiger partial charge in [-0.1, -0.05) is 0 Å². The zero-order chi connectivity index (χ0) is 9.19. The van der Waals surface area contributed by atoms with E-state index in [0.29, 0.717) is 11.5 Å². The fraction of sp³-hybridized carbons (Fsp3) is 0.500. The largest absolute Gasteiger partial charge is 0.447 e. The van der Waals surface area contributed by atoms with E-state index in [9.17, 15) is 8.42 Å². The molecule has 0 unspecified atom stereocenters. The Morgan fingerprint density at radius 2 is 2.33 bits per heavy atom. The van der Waals surface area contributed by atoms with Crippen LogP contribution < -0.4 is 5.73 Å². The van der Waals surface area contributed by atoms with Gasteiger partial charge in [0.25, 0.3) is 0 Å². The van der Waals surface area contributed by atoms with E-state index >= 15 is 0 Å². The topological polar surface area (TPSA) is 86.2 Å². The van der Waals surface area contributed by atoms with Crippen molar-refractivity contribution in [2.24, 2.45) is 5.73 Å². The molecule has 1 rings (SSSR count). The second-order valence-electron chi connectivity index (χ2n) is 2.50. The Labute approximate surface area is 70.5 Å². The van der Waals surface area contributed by atoms with Gasteiger partial charge >= 0.3 is 0 Å². The fourth-order valence-corrected chi connectivity index (χ4v) is 1.53. The van der Waals surface area contributed by atoms with E-state index in [1.165, 1.54) is 6.39 Å². The summed E-state index contributed by atoms with van der Waals surface area (Å²) in [6.07, 6.45) is 2.33. The molecule has 0 aromatic carbocycles. The van der Waals surface area contributed by atoms with E-state index in [2.05, 4.69) is 4.98 Å². The molecule has 0 saturated carbocycles. The van der Waals surface area contributed by atoms with Crippen molar-refractivity contribution in [3.63, 3.8) is 0 Å². The summed E-state index contributed by atoms with van der Waals surface area (Å²) < 4.78 is 26.5. The number of rotatable bonds is 3. The fourth-order valence-electron chi connectivity index (χ4n) is 0.816. The van der Waals surface area contributed by atoms with Crippen LogP contribution in [0.4, 0.5) is 0 Å². The summed E-state index contributed by atoms with van der Waals surface area (Å²) in [6, 6.07) is 0. The number of hydrogen-bond acceptors (Lipinski definition) is 5. The lowest BCUT2D eigenvalue weighted by Gasteiger charge is -1.95. The van der Waals surface area contributed by atoms with Crippen LogP contribution in [0.2, 0.25) is 0 Å². The van der Waals surface area contributed by atoms with Gasteiger partial charge in [0.05, 0.1) is 5.69 Å². The maximum absolute atomic E-state index is 10.8. The first-order valence-corrected chi connectivity index (χ1v) is 5.38. The van der Waals surface area contributed by atoms with Crippen LogP contribution in [0, 0.1) is 0 Å². The van der Waals surface area contributed by atoms with Crippen molar-refractivity contribution in [1.82, 2.24) is 4.98 Å². The molecule has 0 atom stereocenters. The number of sulfone groups is 1. The number of aromatic nitrogens is 1. The highest BCUT2D eigenvalue weighted by molar-refractivity contribution is 7.89. The second kappa shape index (κ2) is 3.24. The molecule has 0 aliphatic carbocycles. The van der Waals surface area contributed by atoms with Crippen LogP contribution in [0.25, 0.3) is 0 Å². The van der Waals surface area contributed by atoms with E-state index in [4.69, 9.17) is 10.2 Å². The molecule has 1 heterocycles. The molecule has 5 nitrogen and oxygen atoms in total. The highest BCUT2D eigenvalue weighted by Gasteiger charge is 2.12. The van der Waals surface area contributed by atoms with E-state index in [1.54, 1.807) is 0 Å². The second-order valence-corrected chi connectivity index (χ2v) is 4.64. The molecule has 0 aliphatic heterocycles.